The second-order valence-electron chi connectivity index (χ2n) is 8.31. The quantitative estimate of drug-likeness (QED) is 0.402. The van der Waals surface area contributed by atoms with Gasteiger partial charge in [0.1, 0.15) is 11.6 Å². The minimum atomic E-state index is -0.920. The summed E-state index contributed by atoms with van der Waals surface area (Å²) < 4.78 is 5.29. The number of thiophene rings is 1. The third-order valence-corrected chi connectivity index (χ3v) is 5.26. The van der Waals surface area contributed by atoms with Gasteiger partial charge in [-0.05, 0) is 50.4 Å². The molecule has 3 amide bonds. The molecule has 0 saturated carbocycles. The molecule has 174 valence electrons. The van der Waals surface area contributed by atoms with E-state index in [0.29, 0.717) is 23.5 Å². The molecule has 9 nitrogen and oxygen atoms in total. The van der Waals surface area contributed by atoms with E-state index in [9.17, 15) is 14.4 Å². The van der Waals surface area contributed by atoms with Crippen molar-refractivity contribution in [3.8, 4) is 0 Å². The van der Waals surface area contributed by atoms with Gasteiger partial charge in [0.15, 0.2) is 0 Å². The van der Waals surface area contributed by atoms with E-state index < -0.39 is 23.6 Å². The van der Waals surface area contributed by atoms with E-state index in [1.54, 1.807) is 62.6 Å². The minimum absolute atomic E-state index is 0.187. The number of aromatic amines is 1. The normalized spacial score (nSPS) is 12.0. The summed E-state index contributed by atoms with van der Waals surface area (Å²) in [6.45, 7) is 5.65. The van der Waals surface area contributed by atoms with Gasteiger partial charge in [-0.25, -0.2) is 9.78 Å². The van der Waals surface area contributed by atoms with Crippen LogP contribution in [0.5, 0.6) is 0 Å². The van der Waals surface area contributed by atoms with E-state index >= 15 is 0 Å². The zero-order valence-electron chi connectivity index (χ0n) is 18.7. The van der Waals surface area contributed by atoms with Crippen LogP contribution in [0.2, 0.25) is 0 Å². The van der Waals surface area contributed by atoms with Crippen molar-refractivity contribution in [2.45, 2.75) is 45.4 Å². The molecule has 2 heterocycles. The highest BCUT2D eigenvalue weighted by atomic mass is 32.1. The molecule has 0 aliphatic heterocycles. The lowest BCUT2D eigenvalue weighted by atomic mass is 10.1. The lowest BCUT2D eigenvalue weighted by Gasteiger charge is -2.23. The molecule has 3 rings (SSSR count). The highest BCUT2D eigenvalue weighted by Crippen LogP contribution is 2.14. The van der Waals surface area contributed by atoms with Crippen LogP contribution in [0.1, 0.15) is 41.7 Å². The van der Waals surface area contributed by atoms with Gasteiger partial charge in [-0.1, -0.05) is 12.1 Å². The summed E-state index contributed by atoms with van der Waals surface area (Å²) in [5.74, 6) is -0.702. The Hall–Kier alpha value is -3.66. The number of nitrogens with zero attached hydrogens (tertiary/aromatic N) is 1. The molecule has 1 atom stereocenters. The molecule has 10 heteroatoms. The molecule has 3 aromatic rings. The van der Waals surface area contributed by atoms with Crippen LogP contribution in [-0.2, 0) is 22.5 Å². The maximum atomic E-state index is 13.0. The molecule has 0 fully saturated rings. The molecular weight excluding hydrogens is 442 g/mol. The van der Waals surface area contributed by atoms with Crippen LogP contribution in [0.25, 0.3) is 0 Å². The molecule has 0 saturated heterocycles. The number of hydrogen-bond acceptors (Lipinski definition) is 6. The number of carbonyl (C=O) groups excluding carboxylic acids is 3. The third kappa shape index (κ3) is 7.76. The fraction of sp³-hybridized carbons (Fsp3) is 0.304. The van der Waals surface area contributed by atoms with Gasteiger partial charge >= 0.3 is 6.09 Å². The molecule has 0 aliphatic carbocycles. The Labute approximate surface area is 196 Å². The van der Waals surface area contributed by atoms with E-state index in [4.69, 9.17) is 4.74 Å². The summed E-state index contributed by atoms with van der Waals surface area (Å²) in [7, 11) is 0. The Balaban J connectivity index is 1.66. The third-order valence-electron chi connectivity index (χ3n) is 4.38. The van der Waals surface area contributed by atoms with Gasteiger partial charge < -0.3 is 25.7 Å². The molecular formula is C23H27N5O4S. The number of carbonyl (C=O) groups is 3. The van der Waals surface area contributed by atoms with Crippen LogP contribution in [-0.4, -0.2) is 39.5 Å². The zero-order chi connectivity index (χ0) is 23.8. The van der Waals surface area contributed by atoms with Crippen molar-refractivity contribution in [1.29, 1.82) is 0 Å². The number of amides is 3. The van der Waals surface area contributed by atoms with Crippen LogP contribution < -0.4 is 16.0 Å². The van der Waals surface area contributed by atoms with E-state index in [0.717, 1.165) is 4.88 Å². The summed E-state index contributed by atoms with van der Waals surface area (Å²) in [6, 6.07) is 9.56. The first-order chi connectivity index (χ1) is 15.7. The monoisotopic (exact) mass is 469 g/mol. The SMILES string of the molecule is CC(C)(C)OC(=O)N[C@@H](Cc1cnc[nH]1)C(=O)Nc1cccc(C(=O)NCc2cccs2)c1. The second kappa shape index (κ2) is 10.8. The number of ether oxygens (including phenoxy) is 1. The average Bonchev–Trinajstić information content (AvgIpc) is 3.44. The molecule has 4 N–H and O–H groups in total. The number of aromatic nitrogens is 2. The predicted molar refractivity (Wildman–Crippen MR) is 126 cm³/mol. The standard InChI is InChI=1S/C23H27N5O4S/c1-23(2,3)32-22(31)28-19(11-17-12-24-14-26-17)21(30)27-16-7-4-6-15(10-16)20(29)25-13-18-8-5-9-33-18/h4-10,12,14,19H,11,13H2,1-3H3,(H,24,26)(H,25,29)(H,27,30)(H,28,31)/t19-/m0/s1. The lowest BCUT2D eigenvalue weighted by molar-refractivity contribution is -0.118. The first-order valence-corrected chi connectivity index (χ1v) is 11.3. The van der Waals surface area contributed by atoms with Gasteiger partial charge in [0.25, 0.3) is 5.91 Å². The molecule has 2 aromatic heterocycles. The smallest absolute Gasteiger partial charge is 0.408 e. The largest absolute Gasteiger partial charge is 0.444 e. The minimum Gasteiger partial charge on any atom is -0.444 e. The topological polar surface area (TPSA) is 125 Å². The van der Waals surface area contributed by atoms with Gasteiger partial charge in [-0.15, -0.1) is 11.3 Å². The van der Waals surface area contributed by atoms with Crippen molar-refractivity contribution in [3.63, 3.8) is 0 Å². The number of benzene rings is 1. The molecule has 33 heavy (non-hydrogen) atoms. The average molecular weight is 470 g/mol. The Bertz CT molecular complexity index is 1070. The van der Waals surface area contributed by atoms with Gasteiger partial charge in [0.2, 0.25) is 5.91 Å². The summed E-state index contributed by atoms with van der Waals surface area (Å²) >= 11 is 1.56. The molecule has 0 radical (unpaired) electrons. The summed E-state index contributed by atoms with van der Waals surface area (Å²) in [5.41, 5.74) is 0.816. The Kier molecular flexibility index (Phi) is 7.83. The number of nitrogens with one attached hydrogen (secondary N) is 4. The van der Waals surface area contributed by atoms with Crippen molar-refractivity contribution < 1.29 is 19.1 Å². The van der Waals surface area contributed by atoms with Crippen molar-refractivity contribution >= 4 is 34.9 Å². The summed E-state index contributed by atoms with van der Waals surface area (Å²) in [5, 5.41) is 10.2. The molecule has 1 aromatic carbocycles. The number of imidazole rings is 1. The predicted octanol–water partition coefficient (Wildman–Crippen LogP) is 3.48. The van der Waals surface area contributed by atoms with Gasteiger partial charge in [-0.3, -0.25) is 9.59 Å². The summed E-state index contributed by atoms with van der Waals surface area (Å²) in [6.07, 6.45) is 2.56. The molecule has 0 spiro atoms. The number of alkyl carbamates (subject to hydrolysis) is 1. The van der Waals surface area contributed by atoms with Crippen LogP contribution in [0.4, 0.5) is 10.5 Å². The van der Waals surface area contributed by atoms with E-state index in [1.807, 2.05) is 17.5 Å². The van der Waals surface area contributed by atoms with Crippen LogP contribution in [0.3, 0.4) is 0 Å². The summed E-state index contributed by atoms with van der Waals surface area (Å²) in [4.78, 5) is 45.7. The highest BCUT2D eigenvalue weighted by molar-refractivity contribution is 7.09. The molecule has 0 unspecified atom stereocenters. The van der Waals surface area contributed by atoms with Crippen LogP contribution in [0.15, 0.2) is 54.3 Å². The fourth-order valence-electron chi connectivity index (χ4n) is 2.93. The van der Waals surface area contributed by atoms with Gasteiger partial charge in [-0.2, -0.15) is 0 Å². The fourth-order valence-corrected chi connectivity index (χ4v) is 3.57. The zero-order valence-corrected chi connectivity index (χ0v) is 19.5. The van der Waals surface area contributed by atoms with Crippen LogP contribution in [0, 0.1) is 0 Å². The number of H-pyrrole nitrogens is 1. The number of rotatable bonds is 8. The van der Waals surface area contributed by atoms with Crippen molar-refractivity contribution in [2.24, 2.45) is 0 Å². The van der Waals surface area contributed by atoms with E-state index in [-0.39, 0.29) is 12.3 Å². The van der Waals surface area contributed by atoms with Crippen molar-refractivity contribution in [1.82, 2.24) is 20.6 Å². The van der Waals surface area contributed by atoms with E-state index in [2.05, 4.69) is 25.9 Å². The molecule has 0 aliphatic rings. The lowest BCUT2D eigenvalue weighted by Crippen LogP contribution is -2.47. The Morgan fingerprint density at radius 1 is 1.18 bits per heavy atom. The first-order valence-electron chi connectivity index (χ1n) is 10.4. The first kappa shape index (κ1) is 24.0. The van der Waals surface area contributed by atoms with Gasteiger partial charge in [0, 0.05) is 34.4 Å². The maximum absolute atomic E-state index is 13.0. The highest BCUT2D eigenvalue weighted by Gasteiger charge is 2.25. The second-order valence-corrected chi connectivity index (χ2v) is 9.34. The number of anilines is 1. The van der Waals surface area contributed by atoms with E-state index in [1.165, 1.54) is 6.33 Å². The Morgan fingerprint density at radius 3 is 2.67 bits per heavy atom. The molecule has 0 bridgehead atoms. The maximum Gasteiger partial charge on any atom is 0.408 e. The van der Waals surface area contributed by atoms with Gasteiger partial charge in [0.05, 0.1) is 12.9 Å². The van der Waals surface area contributed by atoms with Crippen molar-refractivity contribution in [3.05, 3.63) is 70.4 Å². The van der Waals surface area contributed by atoms with Crippen molar-refractivity contribution in [2.75, 3.05) is 5.32 Å². The number of hydrogen-bond donors (Lipinski definition) is 4. The van der Waals surface area contributed by atoms with Crippen LogP contribution >= 0.6 is 11.3 Å². The Morgan fingerprint density at radius 2 is 2.00 bits per heavy atom.